The molecule has 3 heterocycles. The molecule has 2 saturated heterocycles. The monoisotopic (exact) mass is 515 g/mol. The van der Waals surface area contributed by atoms with Gasteiger partial charge in [0.05, 0.1) is 30.4 Å². The molecule has 3 aliphatic rings. The number of imide groups is 2. The van der Waals surface area contributed by atoms with Crippen LogP contribution in [0.25, 0.3) is 0 Å². The first kappa shape index (κ1) is 26.6. The number of carbonyl (C=O) groups is 5. The zero-order valence-electron chi connectivity index (χ0n) is 21.4. The Kier molecular flexibility index (Phi) is 7.82. The highest BCUT2D eigenvalue weighted by Gasteiger charge is 2.46. The van der Waals surface area contributed by atoms with E-state index in [-0.39, 0.29) is 48.5 Å². The standard InChI is InChI=1S/C26H33N3O8/c1-26(2,3)37-25(34)28-12-10-16(11-13-28)35-14-5-15-36-19-7-4-6-17-21(19)24(33)29(23(17)32)18-8-9-20(30)27-22(18)31/h4,6-7,16,18H,5,8-15H2,1-3H3,(H,27,30,31). The number of hydrogen-bond acceptors (Lipinski definition) is 8. The van der Waals surface area contributed by atoms with E-state index in [1.54, 1.807) is 17.0 Å². The number of benzene rings is 1. The molecule has 0 saturated carbocycles. The molecule has 11 heteroatoms. The van der Waals surface area contributed by atoms with Gasteiger partial charge in [0.2, 0.25) is 11.8 Å². The van der Waals surface area contributed by atoms with Crippen molar-refractivity contribution in [1.82, 2.24) is 15.1 Å². The third-order valence-electron chi connectivity index (χ3n) is 6.42. The predicted molar refractivity (Wildman–Crippen MR) is 130 cm³/mol. The molecule has 3 aliphatic heterocycles. The van der Waals surface area contributed by atoms with Gasteiger partial charge in [0.25, 0.3) is 11.8 Å². The van der Waals surface area contributed by atoms with Crippen LogP contribution < -0.4 is 10.1 Å². The van der Waals surface area contributed by atoms with E-state index < -0.39 is 35.3 Å². The molecule has 11 nitrogen and oxygen atoms in total. The van der Waals surface area contributed by atoms with Gasteiger partial charge in [-0.2, -0.15) is 0 Å². The summed E-state index contributed by atoms with van der Waals surface area (Å²) in [4.78, 5) is 64.5. The molecule has 0 aliphatic carbocycles. The highest BCUT2D eigenvalue weighted by Crippen LogP contribution is 2.33. The Labute approximate surface area is 215 Å². The number of likely N-dealkylation sites (tertiary alicyclic amines) is 1. The molecule has 1 atom stereocenters. The number of nitrogens with one attached hydrogen (secondary N) is 1. The van der Waals surface area contributed by atoms with Crippen LogP contribution in [-0.4, -0.2) is 83.6 Å². The lowest BCUT2D eigenvalue weighted by Crippen LogP contribution is -2.54. The second kappa shape index (κ2) is 10.9. The Morgan fingerprint density at radius 3 is 2.43 bits per heavy atom. The van der Waals surface area contributed by atoms with Crippen LogP contribution in [0.5, 0.6) is 5.75 Å². The van der Waals surface area contributed by atoms with Gasteiger partial charge in [-0.3, -0.25) is 29.4 Å². The third kappa shape index (κ3) is 6.10. The van der Waals surface area contributed by atoms with E-state index in [4.69, 9.17) is 14.2 Å². The van der Waals surface area contributed by atoms with Gasteiger partial charge in [-0.05, 0) is 52.2 Å². The van der Waals surface area contributed by atoms with Crippen LogP contribution in [0.15, 0.2) is 18.2 Å². The van der Waals surface area contributed by atoms with Gasteiger partial charge in [0, 0.05) is 25.9 Å². The summed E-state index contributed by atoms with van der Waals surface area (Å²) in [5, 5.41) is 2.19. The van der Waals surface area contributed by atoms with E-state index in [9.17, 15) is 24.0 Å². The summed E-state index contributed by atoms with van der Waals surface area (Å²) in [6.45, 7) is 7.39. The number of hydrogen-bond donors (Lipinski definition) is 1. The lowest BCUT2D eigenvalue weighted by Gasteiger charge is -2.33. The smallest absolute Gasteiger partial charge is 0.410 e. The quantitative estimate of drug-likeness (QED) is 0.432. The van der Waals surface area contributed by atoms with Gasteiger partial charge in [-0.1, -0.05) is 6.07 Å². The van der Waals surface area contributed by atoms with Gasteiger partial charge in [-0.15, -0.1) is 0 Å². The minimum atomic E-state index is -1.02. The van der Waals surface area contributed by atoms with Crippen molar-refractivity contribution in [3.8, 4) is 5.75 Å². The summed E-state index contributed by atoms with van der Waals surface area (Å²) in [7, 11) is 0. The Bertz CT molecular complexity index is 1090. The van der Waals surface area contributed by atoms with Crippen molar-refractivity contribution in [1.29, 1.82) is 0 Å². The average molecular weight is 516 g/mol. The summed E-state index contributed by atoms with van der Waals surface area (Å²) in [6.07, 6.45) is 1.90. The highest BCUT2D eigenvalue weighted by atomic mass is 16.6. The second-order valence-corrected chi connectivity index (χ2v) is 10.4. The van der Waals surface area contributed by atoms with Crippen LogP contribution >= 0.6 is 0 Å². The zero-order chi connectivity index (χ0) is 26.7. The molecular weight excluding hydrogens is 482 g/mol. The third-order valence-corrected chi connectivity index (χ3v) is 6.42. The molecule has 0 spiro atoms. The maximum Gasteiger partial charge on any atom is 0.410 e. The van der Waals surface area contributed by atoms with Gasteiger partial charge >= 0.3 is 6.09 Å². The summed E-state index contributed by atoms with van der Waals surface area (Å²) < 4.78 is 17.2. The minimum absolute atomic E-state index is 0.0425. The van der Waals surface area contributed by atoms with Crippen LogP contribution in [0.1, 0.15) is 73.6 Å². The van der Waals surface area contributed by atoms with E-state index in [1.165, 1.54) is 6.07 Å². The molecule has 1 unspecified atom stereocenters. The minimum Gasteiger partial charge on any atom is -0.493 e. The van der Waals surface area contributed by atoms with Gasteiger partial charge in [0.1, 0.15) is 17.4 Å². The molecule has 0 aromatic heterocycles. The lowest BCUT2D eigenvalue weighted by atomic mass is 10.0. The van der Waals surface area contributed by atoms with E-state index in [2.05, 4.69) is 5.32 Å². The van der Waals surface area contributed by atoms with Gasteiger partial charge < -0.3 is 19.1 Å². The number of ether oxygens (including phenoxy) is 3. The molecule has 5 amide bonds. The fourth-order valence-corrected chi connectivity index (χ4v) is 4.63. The second-order valence-electron chi connectivity index (χ2n) is 10.4. The molecule has 1 aromatic carbocycles. The molecule has 4 rings (SSSR count). The number of rotatable bonds is 7. The Morgan fingerprint density at radius 1 is 1.03 bits per heavy atom. The average Bonchev–Trinajstić information content (AvgIpc) is 3.09. The zero-order valence-corrected chi connectivity index (χ0v) is 21.4. The van der Waals surface area contributed by atoms with E-state index in [0.717, 1.165) is 17.7 Å². The first-order valence-corrected chi connectivity index (χ1v) is 12.6. The maximum atomic E-state index is 13.1. The predicted octanol–water partition coefficient (Wildman–Crippen LogP) is 2.27. The van der Waals surface area contributed by atoms with Crippen LogP contribution in [0.4, 0.5) is 4.79 Å². The number of piperidine rings is 2. The Morgan fingerprint density at radius 2 is 1.76 bits per heavy atom. The Balaban J connectivity index is 1.24. The van der Waals surface area contributed by atoms with Gasteiger partial charge in [0.15, 0.2) is 0 Å². The summed E-state index contributed by atoms with van der Waals surface area (Å²) in [5.41, 5.74) is -0.211. The van der Waals surface area contributed by atoms with Crippen molar-refractivity contribution in [2.24, 2.45) is 0 Å². The largest absolute Gasteiger partial charge is 0.493 e. The number of amides is 5. The molecular formula is C26H33N3O8. The fourth-order valence-electron chi connectivity index (χ4n) is 4.63. The normalized spacial score (nSPS) is 20.7. The highest BCUT2D eigenvalue weighted by molar-refractivity contribution is 6.24. The molecule has 1 N–H and O–H groups in total. The number of fused-ring (bicyclic) bond motifs is 1. The van der Waals surface area contributed by atoms with Gasteiger partial charge in [-0.25, -0.2) is 4.79 Å². The molecule has 0 bridgehead atoms. The molecule has 0 radical (unpaired) electrons. The molecule has 37 heavy (non-hydrogen) atoms. The first-order chi connectivity index (χ1) is 17.5. The Hall–Kier alpha value is -3.47. The van der Waals surface area contributed by atoms with Crippen molar-refractivity contribution >= 4 is 29.7 Å². The summed E-state index contributed by atoms with van der Waals surface area (Å²) in [5.74, 6) is -1.96. The lowest BCUT2D eigenvalue weighted by molar-refractivity contribution is -0.136. The van der Waals surface area contributed by atoms with Crippen molar-refractivity contribution in [3.63, 3.8) is 0 Å². The fraction of sp³-hybridized carbons (Fsp3) is 0.577. The van der Waals surface area contributed by atoms with Crippen molar-refractivity contribution in [2.45, 2.75) is 70.6 Å². The van der Waals surface area contributed by atoms with E-state index >= 15 is 0 Å². The summed E-state index contributed by atoms with van der Waals surface area (Å²) >= 11 is 0. The maximum absolute atomic E-state index is 13.1. The number of carbonyl (C=O) groups excluding carboxylic acids is 5. The van der Waals surface area contributed by atoms with Crippen LogP contribution in [0.3, 0.4) is 0 Å². The van der Waals surface area contributed by atoms with Crippen molar-refractivity contribution < 1.29 is 38.2 Å². The van der Waals surface area contributed by atoms with E-state index in [1.807, 2.05) is 20.8 Å². The van der Waals surface area contributed by atoms with Crippen molar-refractivity contribution in [2.75, 3.05) is 26.3 Å². The van der Waals surface area contributed by atoms with Crippen LogP contribution in [0, 0.1) is 0 Å². The van der Waals surface area contributed by atoms with Crippen LogP contribution in [-0.2, 0) is 19.1 Å². The molecule has 1 aromatic rings. The summed E-state index contributed by atoms with van der Waals surface area (Å²) in [6, 6.07) is 3.75. The molecule has 2 fully saturated rings. The van der Waals surface area contributed by atoms with E-state index in [0.29, 0.717) is 26.1 Å². The SMILES string of the molecule is CC(C)(C)OC(=O)N1CCC(OCCCOc2cccc3c2C(=O)N(C2CCC(=O)NC2=O)C3=O)CC1. The first-order valence-electron chi connectivity index (χ1n) is 12.6. The number of nitrogens with zero attached hydrogens (tertiary/aromatic N) is 2. The topological polar surface area (TPSA) is 132 Å². The molecule has 200 valence electrons. The van der Waals surface area contributed by atoms with Crippen LogP contribution in [0.2, 0.25) is 0 Å². The van der Waals surface area contributed by atoms with Crippen molar-refractivity contribution in [3.05, 3.63) is 29.3 Å².